The first kappa shape index (κ1) is 13.8. The molecule has 0 spiro atoms. The van der Waals surface area contributed by atoms with E-state index in [1.807, 2.05) is 0 Å². The van der Waals surface area contributed by atoms with Crippen molar-refractivity contribution in [1.29, 1.82) is 0 Å². The maximum Gasteiger partial charge on any atom is 0.328 e. The molecule has 18 heavy (non-hydrogen) atoms. The molecule has 0 aromatic carbocycles. The maximum atomic E-state index is 12.2. The highest BCUT2D eigenvalue weighted by Gasteiger charge is 2.54. The molecule has 4 heteroatoms. The lowest BCUT2D eigenvalue weighted by molar-refractivity contribution is -0.153. The predicted octanol–water partition coefficient (Wildman–Crippen LogP) is 1.88. The van der Waals surface area contributed by atoms with E-state index in [-0.39, 0.29) is 5.97 Å². The number of esters is 1. The zero-order valence-electron chi connectivity index (χ0n) is 11.5. The summed E-state index contributed by atoms with van der Waals surface area (Å²) < 4.78 is 10.8. The minimum atomic E-state index is -0.580. The molecule has 0 radical (unpaired) electrons. The van der Waals surface area contributed by atoms with Gasteiger partial charge in [-0.3, -0.25) is 5.32 Å². The summed E-state index contributed by atoms with van der Waals surface area (Å²) in [5, 5.41) is 3.49. The van der Waals surface area contributed by atoms with Crippen LogP contribution in [0.1, 0.15) is 45.4 Å². The summed E-state index contributed by atoms with van der Waals surface area (Å²) in [5.74, 6) is 0.251. The summed E-state index contributed by atoms with van der Waals surface area (Å²) in [6.07, 6.45) is 6.70. The third-order valence-electron chi connectivity index (χ3n) is 3.83. The Hall–Kier alpha value is -0.610. The van der Waals surface area contributed by atoms with Crippen molar-refractivity contribution in [2.45, 2.75) is 57.0 Å². The lowest BCUT2D eigenvalue weighted by Crippen LogP contribution is -2.59. The number of rotatable bonds is 9. The van der Waals surface area contributed by atoms with Crippen LogP contribution in [0.3, 0.4) is 0 Å². The molecule has 0 bridgehead atoms. The van der Waals surface area contributed by atoms with Crippen molar-refractivity contribution in [2.24, 2.45) is 5.92 Å². The van der Waals surface area contributed by atoms with Crippen molar-refractivity contribution in [3.63, 3.8) is 0 Å². The van der Waals surface area contributed by atoms with Gasteiger partial charge in [-0.25, -0.2) is 4.79 Å². The number of carbonyl (C=O) groups excluding carboxylic acids is 1. The van der Waals surface area contributed by atoms with Crippen LogP contribution in [0.25, 0.3) is 0 Å². The third kappa shape index (κ3) is 3.23. The first-order valence-electron chi connectivity index (χ1n) is 7.16. The van der Waals surface area contributed by atoms with E-state index in [0.717, 1.165) is 32.3 Å². The molecule has 0 heterocycles. The van der Waals surface area contributed by atoms with E-state index in [1.165, 1.54) is 20.0 Å². The van der Waals surface area contributed by atoms with Gasteiger partial charge in [-0.1, -0.05) is 13.3 Å². The molecule has 2 fully saturated rings. The SMILES string of the molecule is CCCCOCC(NC1CC1)(C(=O)OC)C1CC1. The van der Waals surface area contributed by atoms with E-state index in [2.05, 4.69) is 12.2 Å². The van der Waals surface area contributed by atoms with Gasteiger partial charge >= 0.3 is 5.97 Å². The predicted molar refractivity (Wildman–Crippen MR) is 69.4 cm³/mol. The van der Waals surface area contributed by atoms with Crippen LogP contribution in [0.4, 0.5) is 0 Å². The van der Waals surface area contributed by atoms with Crippen LogP contribution in [-0.2, 0) is 14.3 Å². The fourth-order valence-electron chi connectivity index (χ4n) is 2.39. The minimum absolute atomic E-state index is 0.145. The van der Waals surface area contributed by atoms with Crippen molar-refractivity contribution in [1.82, 2.24) is 5.32 Å². The average Bonchev–Trinajstić information content (AvgIpc) is 3.24. The molecule has 2 saturated carbocycles. The van der Waals surface area contributed by atoms with Crippen molar-refractivity contribution in [3.05, 3.63) is 0 Å². The van der Waals surface area contributed by atoms with Crippen molar-refractivity contribution in [3.8, 4) is 0 Å². The van der Waals surface area contributed by atoms with E-state index in [4.69, 9.17) is 9.47 Å². The molecule has 104 valence electrons. The Morgan fingerprint density at radius 2 is 2.06 bits per heavy atom. The topological polar surface area (TPSA) is 47.6 Å². The maximum absolute atomic E-state index is 12.2. The Kier molecular flexibility index (Phi) is 4.62. The minimum Gasteiger partial charge on any atom is -0.468 e. The largest absolute Gasteiger partial charge is 0.468 e. The molecule has 0 aromatic rings. The lowest BCUT2D eigenvalue weighted by atomic mass is 9.94. The van der Waals surface area contributed by atoms with Crippen LogP contribution < -0.4 is 5.32 Å². The highest BCUT2D eigenvalue weighted by Crippen LogP contribution is 2.42. The van der Waals surface area contributed by atoms with E-state index in [9.17, 15) is 4.79 Å². The molecule has 0 saturated heterocycles. The molecular weight excluding hydrogens is 230 g/mol. The van der Waals surface area contributed by atoms with Crippen LogP contribution in [0, 0.1) is 5.92 Å². The Labute approximate surface area is 109 Å². The van der Waals surface area contributed by atoms with Crippen molar-refractivity contribution < 1.29 is 14.3 Å². The Bertz CT molecular complexity index is 287. The van der Waals surface area contributed by atoms with Gasteiger partial charge in [0.15, 0.2) is 0 Å². The van der Waals surface area contributed by atoms with Gasteiger partial charge in [0.2, 0.25) is 0 Å². The molecule has 1 unspecified atom stereocenters. The number of carbonyl (C=O) groups is 1. The fourth-order valence-corrected chi connectivity index (χ4v) is 2.39. The summed E-state index contributed by atoms with van der Waals surface area (Å²) in [6.45, 7) is 3.33. The normalized spacial score (nSPS) is 22.6. The number of nitrogens with one attached hydrogen (secondary N) is 1. The smallest absolute Gasteiger partial charge is 0.328 e. The Morgan fingerprint density at radius 3 is 2.56 bits per heavy atom. The summed E-state index contributed by atoms with van der Waals surface area (Å²) in [6, 6.07) is 0.486. The number of hydrogen-bond donors (Lipinski definition) is 1. The van der Waals surface area contributed by atoms with E-state index in [0.29, 0.717) is 18.6 Å². The molecule has 0 aromatic heterocycles. The summed E-state index contributed by atoms with van der Waals surface area (Å²) in [5.41, 5.74) is -0.580. The summed E-state index contributed by atoms with van der Waals surface area (Å²) >= 11 is 0. The first-order chi connectivity index (χ1) is 8.73. The second-order valence-electron chi connectivity index (χ2n) is 5.56. The van der Waals surface area contributed by atoms with E-state index < -0.39 is 5.54 Å². The van der Waals surface area contributed by atoms with Gasteiger partial charge < -0.3 is 9.47 Å². The van der Waals surface area contributed by atoms with Gasteiger partial charge in [-0.05, 0) is 38.0 Å². The molecule has 1 N–H and O–H groups in total. The fraction of sp³-hybridized carbons (Fsp3) is 0.929. The van der Waals surface area contributed by atoms with Crippen LogP contribution >= 0.6 is 0 Å². The van der Waals surface area contributed by atoms with Crippen LogP contribution in [0.15, 0.2) is 0 Å². The van der Waals surface area contributed by atoms with E-state index in [1.54, 1.807) is 0 Å². The molecule has 2 rings (SSSR count). The Morgan fingerprint density at radius 1 is 1.33 bits per heavy atom. The summed E-state index contributed by atoms with van der Waals surface area (Å²) in [7, 11) is 1.47. The molecular formula is C14H25NO3. The van der Waals surface area contributed by atoms with Gasteiger partial charge in [0.1, 0.15) is 5.54 Å². The molecule has 2 aliphatic rings. The second-order valence-corrected chi connectivity index (χ2v) is 5.56. The standard InChI is InChI=1S/C14H25NO3/c1-3-4-9-18-10-14(11-5-6-11,13(16)17-2)15-12-7-8-12/h11-12,15H,3-10H2,1-2H3. The molecule has 1 atom stereocenters. The zero-order chi connectivity index (χ0) is 13.0. The number of hydrogen-bond acceptors (Lipinski definition) is 4. The Balaban J connectivity index is 1.96. The highest BCUT2D eigenvalue weighted by molar-refractivity contribution is 5.82. The molecule has 4 nitrogen and oxygen atoms in total. The highest BCUT2D eigenvalue weighted by atomic mass is 16.5. The van der Waals surface area contributed by atoms with Crippen molar-refractivity contribution >= 4 is 5.97 Å². The van der Waals surface area contributed by atoms with Gasteiger partial charge in [-0.15, -0.1) is 0 Å². The molecule has 2 aliphatic carbocycles. The van der Waals surface area contributed by atoms with Crippen LogP contribution in [0.5, 0.6) is 0 Å². The number of methoxy groups -OCH3 is 1. The van der Waals surface area contributed by atoms with Gasteiger partial charge in [0, 0.05) is 12.6 Å². The van der Waals surface area contributed by atoms with Crippen molar-refractivity contribution in [2.75, 3.05) is 20.3 Å². The van der Waals surface area contributed by atoms with Gasteiger partial charge in [-0.2, -0.15) is 0 Å². The van der Waals surface area contributed by atoms with Gasteiger partial charge in [0.05, 0.1) is 13.7 Å². The van der Waals surface area contributed by atoms with Crippen LogP contribution in [0.2, 0.25) is 0 Å². The molecule has 0 amide bonds. The number of unbranched alkanes of at least 4 members (excludes halogenated alkanes) is 1. The molecule has 0 aliphatic heterocycles. The lowest BCUT2D eigenvalue weighted by Gasteiger charge is -2.32. The summed E-state index contributed by atoms with van der Waals surface area (Å²) in [4.78, 5) is 12.2. The zero-order valence-corrected chi connectivity index (χ0v) is 11.5. The average molecular weight is 255 g/mol. The number of ether oxygens (including phenoxy) is 2. The van der Waals surface area contributed by atoms with Gasteiger partial charge in [0.25, 0.3) is 0 Å². The van der Waals surface area contributed by atoms with E-state index >= 15 is 0 Å². The van der Waals surface area contributed by atoms with Crippen LogP contribution in [-0.4, -0.2) is 37.9 Å². The first-order valence-corrected chi connectivity index (χ1v) is 7.16. The third-order valence-corrected chi connectivity index (χ3v) is 3.83. The second kappa shape index (κ2) is 6.02. The quantitative estimate of drug-likeness (QED) is 0.505. The monoisotopic (exact) mass is 255 g/mol.